The molecular formula is C22H23OP. The second-order valence-corrected chi connectivity index (χ2v) is 7.85. The predicted octanol–water partition coefficient (Wildman–Crippen LogP) is 5.95. The minimum atomic E-state index is -0.484. The van der Waals surface area contributed by atoms with E-state index in [1.165, 1.54) is 11.1 Å². The monoisotopic (exact) mass is 334 g/mol. The molecule has 0 aliphatic carbocycles. The van der Waals surface area contributed by atoms with Gasteiger partial charge in [0.1, 0.15) is 5.75 Å². The number of para-hydroxylation sites is 1. The van der Waals surface area contributed by atoms with Crippen molar-refractivity contribution in [3.8, 4) is 5.75 Å². The fourth-order valence-corrected chi connectivity index (χ4v) is 4.47. The highest BCUT2D eigenvalue weighted by molar-refractivity contribution is 7.52. The van der Waals surface area contributed by atoms with Gasteiger partial charge in [-0.2, -0.15) is 0 Å². The van der Waals surface area contributed by atoms with Crippen molar-refractivity contribution in [1.82, 2.24) is 0 Å². The van der Waals surface area contributed by atoms with Gasteiger partial charge in [-0.3, -0.25) is 0 Å². The molecule has 0 bridgehead atoms. The van der Waals surface area contributed by atoms with E-state index in [0.717, 1.165) is 30.9 Å². The van der Waals surface area contributed by atoms with Crippen LogP contribution >= 0.6 is 8.15 Å². The first-order valence-electron chi connectivity index (χ1n) is 8.46. The highest BCUT2D eigenvalue weighted by Gasteiger charge is 2.12. The fourth-order valence-electron chi connectivity index (χ4n) is 2.63. The minimum Gasteiger partial charge on any atom is -0.474 e. The molecule has 0 saturated carbocycles. The number of benzene rings is 3. The molecule has 3 aromatic rings. The molecule has 0 atom stereocenters. The summed E-state index contributed by atoms with van der Waals surface area (Å²) in [6.07, 6.45) is 4.35. The Bertz CT molecular complexity index is 654. The molecule has 0 N–H and O–H groups in total. The van der Waals surface area contributed by atoms with E-state index in [9.17, 15) is 0 Å². The lowest BCUT2D eigenvalue weighted by Crippen LogP contribution is -2.03. The zero-order chi connectivity index (χ0) is 16.5. The van der Waals surface area contributed by atoms with Crippen molar-refractivity contribution in [2.75, 3.05) is 12.3 Å². The lowest BCUT2D eigenvalue weighted by molar-refractivity contribution is 0.610. The summed E-state index contributed by atoms with van der Waals surface area (Å²) in [5.41, 5.74) is 2.78. The normalized spacial score (nSPS) is 10.7. The molecule has 2 heteroatoms. The van der Waals surface area contributed by atoms with E-state index in [-0.39, 0.29) is 0 Å². The van der Waals surface area contributed by atoms with Gasteiger partial charge in [-0.05, 0) is 36.1 Å². The maximum absolute atomic E-state index is 6.32. The molecule has 0 amide bonds. The van der Waals surface area contributed by atoms with Crippen LogP contribution in [0.5, 0.6) is 5.75 Å². The Labute approximate surface area is 146 Å². The summed E-state index contributed by atoms with van der Waals surface area (Å²) in [7, 11) is -0.484. The van der Waals surface area contributed by atoms with Gasteiger partial charge in [0.2, 0.25) is 0 Å². The first-order chi connectivity index (χ1) is 11.9. The zero-order valence-electron chi connectivity index (χ0n) is 13.8. The molecule has 122 valence electrons. The van der Waals surface area contributed by atoms with Crippen LogP contribution in [-0.2, 0) is 12.8 Å². The van der Waals surface area contributed by atoms with Crippen molar-refractivity contribution >= 4 is 8.15 Å². The van der Waals surface area contributed by atoms with E-state index >= 15 is 0 Å². The topological polar surface area (TPSA) is 9.23 Å². The third-order valence-corrected chi connectivity index (χ3v) is 5.88. The predicted molar refractivity (Wildman–Crippen MR) is 104 cm³/mol. The summed E-state index contributed by atoms with van der Waals surface area (Å²) in [6.45, 7) is 0. The van der Waals surface area contributed by atoms with Crippen LogP contribution in [0.3, 0.4) is 0 Å². The van der Waals surface area contributed by atoms with Gasteiger partial charge in [-0.25, -0.2) is 0 Å². The van der Waals surface area contributed by atoms with Crippen LogP contribution in [0.2, 0.25) is 0 Å². The second kappa shape index (κ2) is 9.25. The lowest BCUT2D eigenvalue weighted by Gasteiger charge is -2.19. The summed E-state index contributed by atoms with van der Waals surface area (Å²) in [6, 6.07) is 31.6. The van der Waals surface area contributed by atoms with Gasteiger partial charge in [0.25, 0.3) is 0 Å². The summed E-state index contributed by atoms with van der Waals surface area (Å²) < 4.78 is 6.32. The summed E-state index contributed by atoms with van der Waals surface area (Å²) in [5.74, 6) is 0.990. The average Bonchev–Trinajstić information content (AvgIpc) is 2.66. The second-order valence-electron chi connectivity index (χ2n) is 5.80. The first kappa shape index (κ1) is 16.7. The van der Waals surface area contributed by atoms with Crippen molar-refractivity contribution < 1.29 is 4.52 Å². The molecule has 0 radical (unpaired) electrons. The number of aryl methyl sites for hydroxylation is 2. The SMILES string of the molecule is c1ccc(CCP(CCc2ccccc2)Oc2ccccc2)cc1. The number of rotatable bonds is 8. The van der Waals surface area contributed by atoms with Crippen molar-refractivity contribution in [2.24, 2.45) is 0 Å². The van der Waals surface area contributed by atoms with E-state index in [1.54, 1.807) is 0 Å². The van der Waals surface area contributed by atoms with Crippen LogP contribution in [-0.4, -0.2) is 12.3 Å². The molecule has 0 aliphatic heterocycles. The smallest absolute Gasteiger partial charge is 0.123 e. The van der Waals surface area contributed by atoms with E-state index in [0.29, 0.717) is 0 Å². The molecule has 24 heavy (non-hydrogen) atoms. The zero-order valence-corrected chi connectivity index (χ0v) is 14.7. The Kier molecular flexibility index (Phi) is 6.45. The van der Waals surface area contributed by atoms with Crippen molar-refractivity contribution in [3.63, 3.8) is 0 Å². The lowest BCUT2D eigenvalue weighted by atomic mass is 10.2. The van der Waals surface area contributed by atoms with Crippen molar-refractivity contribution in [2.45, 2.75) is 12.8 Å². The fraction of sp³-hybridized carbons (Fsp3) is 0.182. The molecule has 3 aromatic carbocycles. The van der Waals surface area contributed by atoms with Crippen LogP contribution < -0.4 is 4.52 Å². The molecule has 0 aliphatic rings. The summed E-state index contributed by atoms with van der Waals surface area (Å²) >= 11 is 0. The Morgan fingerprint density at radius 2 is 0.958 bits per heavy atom. The molecule has 0 spiro atoms. The van der Waals surface area contributed by atoms with Crippen molar-refractivity contribution in [3.05, 3.63) is 102 Å². The van der Waals surface area contributed by atoms with E-state index < -0.39 is 8.15 Å². The number of hydrogen-bond donors (Lipinski definition) is 0. The third kappa shape index (κ3) is 5.51. The standard InChI is InChI=1S/C22H23OP/c1-4-10-20(11-5-1)16-18-24(23-22-14-8-3-9-15-22)19-17-21-12-6-2-7-13-21/h1-15H,16-19H2. The van der Waals surface area contributed by atoms with E-state index in [1.807, 2.05) is 18.2 Å². The summed E-state index contributed by atoms with van der Waals surface area (Å²) in [4.78, 5) is 0. The molecule has 0 fully saturated rings. The quantitative estimate of drug-likeness (QED) is 0.463. The Morgan fingerprint density at radius 1 is 0.542 bits per heavy atom. The number of hydrogen-bond acceptors (Lipinski definition) is 1. The molecule has 0 saturated heterocycles. The van der Waals surface area contributed by atoms with Gasteiger partial charge in [-0.1, -0.05) is 78.9 Å². The van der Waals surface area contributed by atoms with Crippen molar-refractivity contribution in [1.29, 1.82) is 0 Å². The van der Waals surface area contributed by atoms with Gasteiger partial charge in [0.05, 0.1) is 8.15 Å². The van der Waals surface area contributed by atoms with Gasteiger partial charge >= 0.3 is 0 Å². The molecular weight excluding hydrogens is 311 g/mol. The highest BCUT2D eigenvalue weighted by atomic mass is 31.1. The van der Waals surface area contributed by atoms with Gasteiger partial charge in [-0.15, -0.1) is 0 Å². The Morgan fingerprint density at radius 3 is 1.42 bits per heavy atom. The largest absolute Gasteiger partial charge is 0.474 e. The Balaban J connectivity index is 1.61. The van der Waals surface area contributed by atoms with Crippen LogP contribution in [0.25, 0.3) is 0 Å². The highest BCUT2D eigenvalue weighted by Crippen LogP contribution is 2.39. The third-order valence-electron chi connectivity index (χ3n) is 3.96. The van der Waals surface area contributed by atoms with Crippen LogP contribution in [0.4, 0.5) is 0 Å². The Hall–Kier alpha value is -2.11. The van der Waals surface area contributed by atoms with Gasteiger partial charge < -0.3 is 4.52 Å². The molecule has 0 heterocycles. The van der Waals surface area contributed by atoms with E-state index in [4.69, 9.17) is 4.52 Å². The molecule has 0 aromatic heterocycles. The molecule has 1 nitrogen and oxygen atoms in total. The summed E-state index contributed by atoms with van der Waals surface area (Å²) in [5, 5.41) is 0. The average molecular weight is 334 g/mol. The van der Waals surface area contributed by atoms with E-state index in [2.05, 4.69) is 72.8 Å². The van der Waals surface area contributed by atoms with Crippen LogP contribution in [0.15, 0.2) is 91.0 Å². The molecule has 3 rings (SSSR count). The maximum Gasteiger partial charge on any atom is 0.123 e. The maximum atomic E-state index is 6.32. The van der Waals surface area contributed by atoms with Crippen LogP contribution in [0.1, 0.15) is 11.1 Å². The minimum absolute atomic E-state index is 0.484. The van der Waals surface area contributed by atoms with Gasteiger partial charge in [0, 0.05) is 12.3 Å². The first-order valence-corrected chi connectivity index (χ1v) is 10.1. The molecule has 0 unspecified atom stereocenters. The van der Waals surface area contributed by atoms with Gasteiger partial charge in [0.15, 0.2) is 0 Å². The van der Waals surface area contributed by atoms with Crippen LogP contribution in [0, 0.1) is 0 Å².